The van der Waals surface area contributed by atoms with Crippen molar-refractivity contribution in [1.82, 2.24) is 10.2 Å². The smallest absolute Gasteiger partial charge is 0.254 e. The van der Waals surface area contributed by atoms with E-state index < -0.39 is 0 Å². The Morgan fingerprint density at radius 2 is 1.69 bits per heavy atom. The number of carbonyl (C=O) groups is 2. The lowest BCUT2D eigenvalue weighted by atomic mass is 10.0. The minimum Gasteiger partial charge on any atom is -0.372 e. The van der Waals surface area contributed by atoms with Crippen molar-refractivity contribution in [2.75, 3.05) is 13.1 Å². The first-order chi connectivity index (χ1) is 12.5. The monoisotopic (exact) mass is 358 g/mol. The maximum Gasteiger partial charge on any atom is 0.254 e. The molecule has 1 heterocycles. The molecule has 2 aliphatic rings. The number of nitrogens with one attached hydrogen (secondary N) is 1. The van der Waals surface area contributed by atoms with Crippen LogP contribution in [0.5, 0.6) is 0 Å². The molecule has 0 bridgehead atoms. The third kappa shape index (κ3) is 5.07. The summed E-state index contributed by atoms with van der Waals surface area (Å²) in [5, 5.41) is 3.00. The van der Waals surface area contributed by atoms with E-state index in [4.69, 9.17) is 4.74 Å². The number of rotatable bonds is 5. The van der Waals surface area contributed by atoms with Crippen molar-refractivity contribution in [2.45, 2.75) is 64.7 Å². The van der Waals surface area contributed by atoms with Gasteiger partial charge in [-0.25, -0.2) is 0 Å². The lowest BCUT2D eigenvalue weighted by Gasteiger charge is -2.35. The standard InChI is InChI=1S/C21H30N2O3/c1-15-13-23(14-16(2)26-15)21(25)19-9-7-18(8-10-19)12-22-20(24)11-17-5-3-4-6-17/h7-10,15-17H,3-6,11-14H2,1-2H3,(H,22,24)/t15-,16-/m1/s1. The largest absolute Gasteiger partial charge is 0.372 e. The van der Waals surface area contributed by atoms with Crippen LogP contribution in [0.25, 0.3) is 0 Å². The zero-order valence-corrected chi connectivity index (χ0v) is 15.9. The fourth-order valence-electron chi connectivity index (χ4n) is 4.04. The van der Waals surface area contributed by atoms with E-state index in [0.29, 0.717) is 37.5 Å². The number of hydrogen-bond acceptors (Lipinski definition) is 3. The molecule has 1 aliphatic carbocycles. The molecule has 26 heavy (non-hydrogen) atoms. The van der Waals surface area contributed by atoms with Crippen LogP contribution in [0, 0.1) is 5.92 Å². The highest BCUT2D eigenvalue weighted by atomic mass is 16.5. The van der Waals surface area contributed by atoms with Crippen LogP contribution in [0.3, 0.4) is 0 Å². The van der Waals surface area contributed by atoms with Gasteiger partial charge in [0.25, 0.3) is 5.91 Å². The Bertz CT molecular complexity index is 613. The van der Waals surface area contributed by atoms with E-state index >= 15 is 0 Å². The molecule has 0 radical (unpaired) electrons. The van der Waals surface area contributed by atoms with E-state index in [0.717, 1.165) is 5.56 Å². The van der Waals surface area contributed by atoms with Crippen LogP contribution in [-0.2, 0) is 16.1 Å². The summed E-state index contributed by atoms with van der Waals surface area (Å²) in [6.45, 7) is 5.76. The van der Waals surface area contributed by atoms with Gasteiger partial charge in [-0.1, -0.05) is 25.0 Å². The Hall–Kier alpha value is -1.88. The van der Waals surface area contributed by atoms with Gasteiger partial charge in [0, 0.05) is 31.6 Å². The first-order valence-corrected chi connectivity index (χ1v) is 9.81. The first-order valence-electron chi connectivity index (χ1n) is 9.81. The van der Waals surface area contributed by atoms with Gasteiger partial charge in [-0.15, -0.1) is 0 Å². The van der Waals surface area contributed by atoms with Gasteiger partial charge >= 0.3 is 0 Å². The highest BCUT2D eigenvalue weighted by Crippen LogP contribution is 2.27. The molecule has 2 amide bonds. The second kappa shape index (κ2) is 8.67. The molecule has 1 aliphatic heterocycles. The maximum atomic E-state index is 12.7. The summed E-state index contributed by atoms with van der Waals surface area (Å²) in [4.78, 5) is 26.6. The highest BCUT2D eigenvalue weighted by Gasteiger charge is 2.26. The van der Waals surface area contributed by atoms with E-state index in [9.17, 15) is 9.59 Å². The van der Waals surface area contributed by atoms with Gasteiger partial charge in [0.1, 0.15) is 0 Å². The van der Waals surface area contributed by atoms with Crippen LogP contribution in [0.2, 0.25) is 0 Å². The predicted molar refractivity (Wildman–Crippen MR) is 101 cm³/mol. The van der Waals surface area contributed by atoms with Crippen molar-refractivity contribution in [3.63, 3.8) is 0 Å². The summed E-state index contributed by atoms with van der Waals surface area (Å²) in [5.74, 6) is 0.741. The van der Waals surface area contributed by atoms with Gasteiger partial charge < -0.3 is 15.0 Å². The molecule has 3 rings (SSSR count). The molecule has 5 nitrogen and oxygen atoms in total. The Balaban J connectivity index is 1.49. The Kier molecular flexibility index (Phi) is 6.30. The van der Waals surface area contributed by atoms with Gasteiger partial charge in [-0.3, -0.25) is 9.59 Å². The summed E-state index contributed by atoms with van der Waals surface area (Å²) in [6.07, 6.45) is 5.66. The van der Waals surface area contributed by atoms with Gasteiger partial charge in [0.2, 0.25) is 5.91 Å². The maximum absolute atomic E-state index is 12.7. The number of nitrogens with zero attached hydrogens (tertiary/aromatic N) is 1. The van der Waals surface area contributed by atoms with E-state index in [1.807, 2.05) is 43.0 Å². The Morgan fingerprint density at radius 1 is 1.08 bits per heavy atom. The second-order valence-electron chi connectivity index (χ2n) is 7.80. The van der Waals surface area contributed by atoms with Crippen LogP contribution in [-0.4, -0.2) is 42.0 Å². The molecule has 0 aromatic heterocycles. The van der Waals surface area contributed by atoms with Gasteiger partial charge in [-0.2, -0.15) is 0 Å². The molecule has 1 aromatic carbocycles. The van der Waals surface area contributed by atoms with Crippen LogP contribution in [0.1, 0.15) is 61.9 Å². The van der Waals surface area contributed by atoms with Crippen LogP contribution in [0.15, 0.2) is 24.3 Å². The molecular weight excluding hydrogens is 328 g/mol. The molecule has 1 aromatic rings. The molecular formula is C21H30N2O3. The van der Waals surface area contributed by atoms with Crippen LogP contribution < -0.4 is 5.32 Å². The SMILES string of the molecule is C[C@@H]1CN(C(=O)c2ccc(CNC(=O)CC3CCCC3)cc2)C[C@@H](C)O1. The topological polar surface area (TPSA) is 58.6 Å². The highest BCUT2D eigenvalue weighted by molar-refractivity contribution is 5.94. The molecule has 1 saturated heterocycles. The van der Waals surface area contributed by atoms with Crippen LogP contribution in [0.4, 0.5) is 0 Å². The lowest BCUT2D eigenvalue weighted by molar-refractivity contribution is -0.122. The summed E-state index contributed by atoms with van der Waals surface area (Å²) in [7, 11) is 0. The third-order valence-corrected chi connectivity index (χ3v) is 5.35. The molecule has 5 heteroatoms. The van der Waals surface area contributed by atoms with Gasteiger partial charge in [0.05, 0.1) is 12.2 Å². The minimum absolute atomic E-state index is 0.0452. The van der Waals surface area contributed by atoms with E-state index in [2.05, 4.69) is 5.32 Å². The molecule has 1 saturated carbocycles. The molecule has 2 fully saturated rings. The molecule has 0 spiro atoms. The van der Waals surface area contributed by atoms with E-state index in [1.165, 1.54) is 25.7 Å². The van der Waals surface area contributed by atoms with Crippen molar-refractivity contribution in [3.8, 4) is 0 Å². The molecule has 2 atom stereocenters. The van der Waals surface area contributed by atoms with Crippen LogP contribution >= 0.6 is 0 Å². The van der Waals surface area contributed by atoms with Crippen molar-refractivity contribution in [1.29, 1.82) is 0 Å². The van der Waals surface area contributed by atoms with Crippen molar-refractivity contribution in [3.05, 3.63) is 35.4 Å². The number of morpholine rings is 1. The normalized spacial score (nSPS) is 23.8. The zero-order valence-electron chi connectivity index (χ0n) is 15.9. The second-order valence-corrected chi connectivity index (χ2v) is 7.80. The lowest BCUT2D eigenvalue weighted by Crippen LogP contribution is -2.48. The Labute approximate surface area is 156 Å². The summed E-state index contributed by atoms with van der Waals surface area (Å²) in [5.41, 5.74) is 1.71. The summed E-state index contributed by atoms with van der Waals surface area (Å²) < 4.78 is 5.69. The zero-order chi connectivity index (χ0) is 18.5. The first kappa shape index (κ1) is 18.9. The predicted octanol–water partition coefficient (Wildman–Crippen LogP) is 3.13. The summed E-state index contributed by atoms with van der Waals surface area (Å²) in [6, 6.07) is 7.56. The van der Waals surface area contributed by atoms with Gasteiger partial charge in [0.15, 0.2) is 0 Å². The third-order valence-electron chi connectivity index (χ3n) is 5.35. The number of benzene rings is 1. The number of amides is 2. The van der Waals surface area contributed by atoms with Gasteiger partial charge in [-0.05, 0) is 50.3 Å². The summed E-state index contributed by atoms with van der Waals surface area (Å²) >= 11 is 0. The quantitative estimate of drug-likeness (QED) is 0.880. The molecule has 142 valence electrons. The fraction of sp³-hybridized carbons (Fsp3) is 0.619. The number of carbonyl (C=O) groups excluding carboxylic acids is 2. The molecule has 0 unspecified atom stereocenters. The molecule has 1 N–H and O–H groups in total. The average molecular weight is 358 g/mol. The van der Waals surface area contributed by atoms with E-state index in [-0.39, 0.29) is 24.0 Å². The van der Waals surface area contributed by atoms with Crippen molar-refractivity contribution in [2.24, 2.45) is 5.92 Å². The average Bonchev–Trinajstić information content (AvgIpc) is 3.12. The van der Waals surface area contributed by atoms with Crippen molar-refractivity contribution < 1.29 is 14.3 Å². The Morgan fingerprint density at radius 3 is 2.31 bits per heavy atom. The number of ether oxygens (including phenoxy) is 1. The number of hydrogen-bond donors (Lipinski definition) is 1. The fourth-order valence-corrected chi connectivity index (χ4v) is 4.04. The minimum atomic E-state index is 0.0452. The van der Waals surface area contributed by atoms with E-state index in [1.54, 1.807) is 0 Å². The van der Waals surface area contributed by atoms with Crippen molar-refractivity contribution >= 4 is 11.8 Å².